The van der Waals surface area contributed by atoms with Gasteiger partial charge in [-0.3, -0.25) is 9.69 Å². The van der Waals surface area contributed by atoms with Crippen molar-refractivity contribution in [3.63, 3.8) is 0 Å². The zero-order valence-electron chi connectivity index (χ0n) is 15.1. The third-order valence-corrected chi connectivity index (χ3v) is 5.60. The Labute approximate surface area is 148 Å². The average molecular weight is 348 g/mol. The van der Waals surface area contributed by atoms with Crippen LogP contribution in [0.15, 0.2) is 12.4 Å². The number of carbonyl (C=O) groups excluding carboxylic acids is 1. The molecule has 4 rings (SSSR count). The SMILES string of the molecule is CC(C)NC(=O)C1Cn2ccnc2C2(CCN(C3CCOC3)CC2)O1. The van der Waals surface area contributed by atoms with Crippen molar-refractivity contribution in [2.75, 3.05) is 26.3 Å². The third kappa shape index (κ3) is 3.20. The second-order valence-corrected chi connectivity index (χ2v) is 7.72. The first kappa shape index (κ1) is 17.0. The highest BCUT2D eigenvalue weighted by molar-refractivity contribution is 5.81. The Kier molecular flexibility index (Phi) is 4.56. The zero-order valence-corrected chi connectivity index (χ0v) is 15.1. The Morgan fingerprint density at radius 2 is 2.20 bits per heavy atom. The number of fused-ring (bicyclic) bond motifs is 2. The highest BCUT2D eigenvalue weighted by Crippen LogP contribution is 2.40. The molecule has 3 aliphatic heterocycles. The molecule has 0 aromatic carbocycles. The fraction of sp³-hybridized carbons (Fsp3) is 0.778. The van der Waals surface area contributed by atoms with E-state index in [4.69, 9.17) is 9.47 Å². The predicted octanol–water partition coefficient (Wildman–Crippen LogP) is 0.887. The van der Waals surface area contributed by atoms with Gasteiger partial charge in [0.15, 0.2) is 6.10 Å². The number of aromatic nitrogens is 2. The van der Waals surface area contributed by atoms with Gasteiger partial charge < -0.3 is 19.4 Å². The summed E-state index contributed by atoms with van der Waals surface area (Å²) in [4.78, 5) is 19.6. The molecule has 2 atom stereocenters. The average Bonchev–Trinajstić information content (AvgIpc) is 3.26. The summed E-state index contributed by atoms with van der Waals surface area (Å²) in [6, 6.07) is 0.640. The van der Waals surface area contributed by atoms with Crippen LogP contribution in [-0.2, 0) is 26.4 Å². The fourth-order valence-electron chi connectivity index (χ4n) is 4.31. The summed E-state index contributed by atoms with van der Waals surface area (Å²) < 4.78 is 14.1. The Morgan fingerprint density at radius 1 is 1.40 bits per heavy atom. The van der Waals surface area contributed by atoms with E-state index in [1.807, 2.05) is 26.2 Å². The molecule has 7 heteroatoms. The van der Waals surface area contributed by atoms with Crippen molar-refractivity contribution in [3.05, 3.63) is 18.2 Å². The summed E-state index contributed by atoms with van der Waals surface area (Å²) in [5.41, 5.74) is -0.448. The summed E-state index contributed by atoms with van der Waals surface area (Å²) in [5.74, 6) is 0.948. The molecule has 0 bridgehead atoms. The lowest BCUT2D eigenvalue weighted by atomic mass is 9.87. The Bertz CT molecular complexity index is 616. The minimum Gasteiger partial charge on any atom is -0.380 e. The summed E-state index contributed by atoms with van der Waals surface area (Å²) in [7, 11) is 0. The van der Waals surface area contributed by atoms with Gasteiger partial charge >= 0.3 is 0 Å². The van der Waals surface area contributed by atoms with Gasteiger partial charge in [0.1, 0.15) is 11.4 Å². The van der Waals surface area contributed by atoms with Gasteiger partial charge in [0.05, 0.1) is 13.2 Å². The molecule has 0 saturated carbocycles. The van der Waals surface area contributed by atoms with Gasteiger partial charge in [-0.1, -0.05) is 0 Å². The van der Waals surface area contributed by atoms with Gasteiger partial charge in [-0.15, -0.1) is 0 Å². The second kappa shape index (κ2) is 6.70. The first-order chi connectivity index (χ1) is 12.1. The number of nitrogens with one attached hydrogen (secondary N) is 1. The van der Waals surface area contributed by atoms with E-state index in [-0.39, 0.29) is 11.9 Å². The van der Waals surface area contributed by atoms with Crippen LogP contribution in [0.4, 0.5) is 0 Å². The van der Waals surface area contributed by atoms with Crippen LogP contribution < -0.4 is 5.32 Å². The monoisotopic (exact) mass is 348 g/mol. The maximum absolute atomic E-state index is 12.5. The number of nitrogens with zero attached hydrogens (tertiary/aromatic N) is 3. The first-order valence-corrected chi connectivity index (χ1v) is 9.39. The van der Waals surface area contributed by atoms with Crippen molar-refractivity contribution in [1.82, 2.24) is 19.8 Å². The molecule has 1 amide bonds. The molecule has 2 saturated heterocycles. The Morgan fingerprint density at radius 3 is 2.88 bits per heavy atom. The number of carbonyl (C=O) groups is 1. The van der Waals surface area contributed by atoms with E-state index in [0.717, 1.165) is 51.4 Å². The number of hydrogen-bond donors (Lipinski definition) is 1. The van der Waals surface area contributed by atoms with E-state index in [1.54, 1.807) is 0 Å². The molecule has 7 nitrogen and oxygen atoms in total. The molecule has 2 fully saturated rings. The van der Waals surface area contributed by atoms with Gasteiger partial charge in [0.25, 0.3) is 5.91 Å². The predicted molar refractivity (Wildman–Crippen MR) is 92.1 cm³/mol. The Hall–Kier alpha value is -1.44. The topological polar surface area (TPSA) is 68.6 Å². The van der Waals surface area contributed by atoms with Crippen LogP contribution in [0, 0.1) is 0 Å². The molecule has 0 aliphatic carbocycles. The normalized spacial score (nSPS) is 29.1. The smallest absolute Gasteiger partial charge is 0.251 e. The van der Waals surface area contributed by atoms with Crippen molar-refractivity contribution in [1.29, 1.82) is 0 Å². The molecule has 1 N–H and O–H groups in total. The van der Waals surface area contributed by atoms with Gasteiger partial charge in [-0.25, -0.2) is 4.98 Å². The second-order valence-electron chi connectivity index (χ2n) is 7.72. The number of imidazole rings is 1. The first-order valence-electron chi connectivity index (χ1n) is 9.39. The number of amides is 1. The van der Waals surface area contributed by atoms with E-state index < -0.39 is 11.7 Å². The quantitative estimate of drug-likeness (QED) is 0.878. The standard InChI is InChI=1S/C18H28N4O3/c1-13(2)20-16(23)15-11-22-9-6-19-17(22)18(25-15)4-7-21(8-5-18)14-3-10-24-12-14/h6,9,13-15H,3-5,7-8,10-12H2,1-2H3,(H,20,23). The van der Waals surface area contributed by atoms with E-state index in [0.29, 0.717) is 12.6 Å². The van der Waals surface area contributed by atoms with Crippen LogP contribution in [0.25, 0.3) is 0 Å². The minimum absolute atomic E-state index is 0.0275. The van der Waals surface area contributed by atoms with Crippen molar-refractivity contribution in [2.24, 2.45) is 0 Å². The van der Waals surface area contributed by atoms with E-state index >= 15 is 0 Å². The molecular formula is C18H28N4O3. The van der Waals surface area contributed by atoms with Crippen LogP contribution in [0.1, 0.15) is 38.9 Å². The maximum Gasteiger partial charge on any atom is 0.251 e. The van der Waals surface area contributed by atoms with Crippen LogP contribution >= 0.6 is 0 Å². The van der Waals surface area contributed by atoms with Crippen molar-refractivity contribution in [3.8, 4) is 0 Å². The summed E-state index contributed by atoms with van der Waals surface area (Å²) in [6.45, 7) is 8.10. The van der Waals surface area contributed by atoms with Crippen molar-refractivity contribution < 1.29 is 14.3 Å². The highest BCUT2D eigenvalue weighted by atomic mass is 16.5. The lowest BCUT2D eigenvalue weighted by molar-refractivity contribution is -0.175. The largest absolute Gasteiger partial charge is 0.380 e. The van der Waals surface area contributed by atoms with Gasteiger partial charge in [-0.05, 0) is 33.1 Å². The molecular weight excluding hydrogens is 320 g/mol. The summed E-state index contributed by atoms with van der Waals surface area (Å²) in [5, 5.41) is 2.99. The van der Waals surface area contributed by atoms with Gasteiger partial charge in [0, 0.05) is 44.2 Å². The van der Waals surface area contributed by atoms with E-state index in [1.165, 1.54) is 0 Å². The third-order valence-electron chi connectivity index (χ3n) is 5.60. The van der Waals surface area contributed by atoms with Gasteiger partial charge in [-0.2, -0.15) is 0 Å². The van der Waals surface area contributed by atoms with E-state index in [2.05, 4.69) is 19.8 Å². The summed E-state index contributed by atoms with van der Waals surface area (Å²) in [6.07, 6.45) is 6.18. The molecule has 2 unspecified atom stereocenters. The molecule has 138 valence electrons. The number of ether oxygens (including phenoxy) is 2. The molecule has 25 heavy (non-hydrogen) atoms. The minimum atomic E-state index is -0.453. The molecule has 1 spiro atoms. The zero-order chi connectivity index (χ0) is 17.4. The number of hydrogen-bond acceptors (Lipinski definition) is 5. The lowest BCUT2D eigenvalue weighted by Crippen LogP contribution is -2.55. The van der Waals surface area contributed by atoms with Crippen molar-refractivity contribution >= 4 is 5.91 Å². The number of piperidine rings is 1. The van der Waals surface area contributed by atoms with E-state index in [9.17, 15) is 4.79 Å². The lowest BCUT2D eigenvalue weighted by Gasteiger charge is -2.46. The fourth-order valence-corrected chi connectivity index (χ4v) is 4.31. The van der Waals surface area contributed by atoms with Crippen LogP contribution in [0.2, 0.25) is 0 Å². The van der Waals surface area contributed by atoms with Crippen LogP contribution in [0.5, 0.6) is 0 Å². The maximum atomic E-state index is 12.5. The molecule has 4 heterocycles. The molecule has 1 aromatic heterocycles. The molecule has 1 aromatic rings. The highest BCUT2D eigenvalue weighted by Gasteiger charge is 2.47. The van der Waals surface area contributed by atoms with Gasteiger partial charge in [0.2, 0.25) is 0 Å². The van der Waals surface area contributed by atoms with Crippen molar-refractivity contribution in [2.45, 2.75) is 63.4 Å². The van der Waals surface area contributed by atoms with Crippen LogP contribution in [-0.4, -0.2) is 64.8 Å². The Balaban J connectivity index is 1.51. The summed E-state index contributed by atoms with van der Waals surface area (Å²) >= 11 is 0. The molecule has 3 aliphatic rings. The number of likely N-dealkylation sites (tertiary alicyclic amines) is 1. The molecule has 0 radical (unpaired) electrons. The van der Waals surface area contributed by atoms with Crippen LogP contribution in [0.3, 0.4) is 0 Å². The number of rotatable bonds is 3.